The maximum atomic E-state index is 12.1. The number of allylic oxidation sites excluding steroid dienone is 4. The van der Waals surface area contributed by atoms with Gasteiger partial charge in [-0.1, -0.05) is 19.9 Å². The molecular weight excluding hydrogens is 584 g/mol. The van der Waals surface area contributed by atoms with Crippen molar-refractivity contribution in [1.29, 1.82) is 0 Å². The molecule has 2 aromatic rings. The van der Waals surface area contributed by atoms with Gasteiger partial charge in [-0.25, -0.2) is 4.79 Å². The van der Waals surface area contributed by atoms with E-state index in [0.29, 0.717) is 11.1 Å². The standard InChI is InChI=1S/C37H51ClN4O3/c1-36(2)28-24-26(34(38)43)16-18-30(28)39(20-12-22-41(5,6)7)32(36)14-11-15-33-37(3,4)29-25-27(35(44)45)17-19-31(29)40(33)21-13-23-42(8,9)10/h11,14-19,24-25H,12-13,20-23H2,1-10H3/q+2/p+1. The fourth-order valence-electron chi connectivity index (χ4n) is 6.72. The van der Waals surface area contributed by atoms with Crippen LogP contribution in [-0.2, 0) is 10.8 Å². The summed E-state index contributed by atoms with van der Waals surface area (Å²) in [5.41, 5.74) is 6.77. The predicted molar refractivity (Wildman–Crippen MR) is 185 cm³/mol. The van der Waals surface area contributed by atoms with Gasteiger partial charge in [0.25, 0.3) is 5.24 Å². The Morgan fingerprint density at radius 1 is 0.867 bits per heavy atom. The minimum atomic E-state index is -0.911. The topological polar surface area (TPSA) is 60.6 Å². The highest BCUT2D eigenvalue weighted by molar-refractivity contribution is 6.67. The van der Waals surface area contributed by atoms with Crippen LogP contribution in [0.2, 0.25) is 0 Å². The van der Waals surface area contributed by atoms with Crippen molar-refractivity contribution < 1.29 is 28.2 Å². The van der Waals surface area contributed by atoms with Gasteiger partial charge >= 0.3 is 5.97 Å². The molecule has 0 saturated heterocycles. The lowest BCUT2D eigenvalue weighted by Crippen LogP contribution is -2.37. The third-order valence-corrected chi connectivity index (χ3v) is 9.41. The number of hydrogen-bond acceptors (Lipinski definition) is 3. The number of carboxylic acids is 1. The van der Waals surface area contributed by atoms with Crippen molar-refractivity contribution in [3.05, 3.63) is 82.6 Å². The number of nitrogens with zero attached hydrogens (tertiary/aromatic N) is 4. The number of benzene rings is 2. The Labute approximate surface area is 274 Å². The molecule has 0 unspecified atom stereocenters. The van der Waals surface area contributed by atoms with Gasteiger partial charge < -0.3 is 19.0 Å². The second-order valence-electron chi connectivity index (χ2n) is 15.6. The third kappa shape index (κ3) is 7.43. The van der Waals surface area contributed by atoms with Crippen molar-refractivity contribution in [3.63, 3.8) is 0 Å². The highest BCUT2D eigenvalue weighted by atomic mass is 35.5. The number of hydrogen-bond donors (Lipinski definition) is 1. The Bertz CT molecular complexity index is 1590. The second-order valence-corrected chi connectivity index (χ2v) is 16.0. The molecule has 0 saturated carbocycles. The summed E-state index contributed by atoms with van der Waals surface area (Å²) in [6.45, 7) is 12.6. The SMILES string of the molecule is CC1(C)C(/C=C/C=C2/N(CCC[N+](C)(C)C)c3ccc(C(=O)Cl)cc3C2(C)C)=[N+](CCC[N+](C)(C)C)c2ccc(C(=O)O)cc21. The second kappa shape index (κ2) is 12.5. The zero-order valence-electron chi connectivity index (χ0n) is 28.9. The van der Waals surface area contributed by atoms with Crippen LogP contribution in [-0.4, -0.2) is 104 Å². The van der Waals surface area contributed by atoms with Crippen LogP contribution in [0.5, 0.6) is 0 Å². The van der Waals surface area contributed by atoms with E-state index in [9.17, 15) is 14.7 Å². The van der Waals surface area contributed by atoms with E-state index in [0.717, 1.165) is 76.2 Å². The summed E-state index contributed by atoms with van der Waals surface area (Å²) in [5.74, 6) is -0.911. The Morgan fingerprint density at radius 2 is 1.47 bits per heavy atom. The van der Waals surface area contributed by atoms with E-state index in [1.54, 1.807) is 6.07 Å². The number of aromatic carboxylic acids is 1. The van der Waals surface area contributed by atoms with Gasteiger partial charge in [-0.3, -0.25) is 4.79 Å². The first-order valence-corrected chi connectivity index (χ1v) is 16.3. The van der Waals surface area contributed by atoms with Crippen molar-refractivity contribution >= 4 is 39.9 Å². The van der Waals surface area contributed by atoms with E-state index in [2.05, 4.69) is 97.7 Å². The molecule has 242 valence electrons. The van der Waals surface area contributed by atoms with E-state index in [-0.39, 0.29) is 10.8 Å². The zero-order valence-corrected chi connectivity index (χ0v) is 29.6. The predicted octanol–water partition coefficient (Wildman–Crippen LogP) is 6.57. The number of fused-ring (bicyclic) bond motifs is 2. The number of carbonyl (C=O) groups excluding carboxylic acids is 1. The Hall–Kier alpha value is -3.26. The lowest BCUT2D eigenvalue weighted by atomic mass is 9.80. The van der Waals surface area contributed by atoms with Crippen molar-refractivity contribution in [2.24, 2.45) is 0 Å². The highest BCUT2D eigenvalue weighted by Gasteiger charge is 2.45. The molecular formula is C37H52ClN4O3+3. The van der Waals surface area contributed by atoms with Crippen LogP contribution in [0.25, 0.3) is 0 Å². The Kier molecular flexibility index (Phi) is 9.61. The monoisotopic (exact) mass is 635 g/mol. The summed E-state index contributed by atoms with van der Waals surface area (Å²) in [4.78, 5) is 26.3. The quantitative estimate of drug-likeness (QED) is 0.163. The maximum absolute atomic E-state index is 12.1. The lowest BCUT2D eigenvalue weighted by molar-refractivity contribution is -0.871. The molecule has 0 radical (unpaired) electrons. The van der Waals surface area contributed by atoms with Gasteiger partial charge in [0, 0.05) is 53.0 Å². The van der Waals surface area contributed by atoms with Gasteiger partial charge in [0.05, 0.1) is 72.8 Å². The fourth-order valence-corrected chi connectivity index (χ4v) is 6.84. The highest BCUT2D eigenvalue weighted by Crippen LogP contribution is 2.48. The molecule has 4 rings (SSSR count). The molecule has 45 heavy (non-hydrogen) atoms. The van der Waals surface area contributed by atoms with Crippen LogP contribution in [0.15, 0.2) is 60.3 Å². The van der Waals surface area contributed by atoms with Gasteiger partial charge in [0.1, 0.15) is 0 Å². The maximum Gasteiger partial charge on any atom is 0.335 e. The van der Waals surface area contributed by atoms with Crippen LogP contribution >= 0.6 is 11.6 Å². The number of rotatable bonds is 12. The van der Waals surface area contributed by atoms with E-state index >= 15 is 0 Å². The van der Waals surface area contributed by atoms with Crippen LogP contribution < -0.4 is 4.90 Å². The van der Waals surface area contributed by atoms with Crippen molar-refractivity contribution in [2.45, 2.75) is 51.4 Å². The molecule has 0 spiro atoms. The molecule has 7 nitrogen and oxygen atoms in total. The van der Waals surface area contributed by atoms with E-state index in [1.807, 2.05) is 30.3 Å². The number of anilines is 1. The third-order valence-electron chi connectivity index (χ3n) is 9.19. The molecule has 0 fully saturated rings. The number of carboxylic acid groups (broad SMARTS) is 1. The Morgan fingerprint density at radius 3 is 2.07 bits per heavy atom. The summed E-state index contributed by atoms with van der Waals surface area (Å²) in [5, 5.41) is 9.29. The first-order chi connectivity index (χ1) is 20.7. The van der Waals surface area contributed by atoms with Gasteiger partial charge in [0.2, 0.25) is 5.69 Å². The van der Waals surface area contributed by atoms with Gasteiger partial charge in [-0.05, 0) is 67.4 Å². The molecule has 2 heterocycles. The average molecular weight is 636 g/mol. The first-order valence-electron chi connectivity index (χ1n) is 15.9. The van der Waals surface area contributed by atoms with Crippen LogP contribution in [0, 0.1) is 0 Å². The van der Waals surface area contributed by atoms with Crippen LogP contribution in [0.3, 0.4) is 0 Å². The molecule has 0 aromatic heterocycles. The van der Waals surface area contributed by atoms with Gasteiger partial charge in [-0.2, -0.15) is 4.58 Å². The molecule has 0 bridgehead atoms. The average Bonchev–Trinajstić information content (AvgIpc) is 3.25. The van der Waals surface area contributed by atoms with E-state index in [1.165, 1.54) is 5.70 Å². The van der Waals surface area contributed by atoms with Crippen molar-refractivity contribution in [2.75, 3.05) is 73.4 Å². The normalized spacial score (nSPS) is 18.2. The minimum absolute atomic E-state index is 0.310. The summed E-state index contributed by atoms with van der Waals surface area (Å²) in [6, 6.07) is 11.3. The molecule has 2 aliphatic heterocycles. The molecule has 8 heteroatoms. The lowest BCUT2D eigenvalue weighted by Gasteiger charge is -2.29. The van der Waals surface area contributed by atoms with Crippen molar-refractivity contribution in [1.82, 2.24) is 0 Å². The molecule has 2 aliphatic rings. The molecule has 0 amide bonds. The number of quaternary nitrogens is 2. The number of carbonyl (C=O) groups is 2. The smallest absolute Gasteiger partial charge is 0.335 e. The van der Waals surface area contributed by atoms with Crippen molar-refractivity contribution in [3.8, 4) is 0 Å². The van der Waals surface area contributed by atoms with Gasteiger partial charge in [0.15, 0.2) is 12.3 Å². The summed E-state index contributed by atoms with van der Waals surface area (Å²) >= 11 is 5.91. The molecule has 0 atom stereocenters. The minimum Gasteiger partial charge on any atom is -0.478 e. The van der Waals surface area contributed by atoms with E-state index < -0.39 is 11.2 Å². The number of halogens is 1. The summed E-state index contributed by atoms with van der Waals surface area (Å²) in [7, 11) is 13.3. The van der Waals surface area contributed by atoms with Gasteiger partial charge in [-0.15, -0.1) is 0 Å². The first kappa shape index (κ1) is 34.6. The summed E-state index contributed by atoms with van der Waals surface area (Å²) < 4.78 is 4.15. The molecule has 1 N–H and O–H groups in total. The molecule has 2 aromatic carbocycles. The fraction of sp³-hybridized carbons (Fsp3) is 0.486. The zero-order chi connectivity index (χ0) is 33.5. The van der Waals surface area contributed by atoms with E-state index in [4.69, 9.17) is 11.6 Å². The summed E-state index contributed by atoms with van der Waals surface area (Å²) in [6.07, 6.45) is 8.59. The largest absolute Gasteiger partial charge is 0.478 e. The van der Waals surface area contributed by atoms with Crippen LogP contribution in [0.4, 0.5) is 11.4 Å². The van der Waals surface area contributed by atoms with Crippen LogP contribution in [0.1, 0.15) is 72.4 Å². The Balaban J connectivity index is 1.77. The molecule has 0 aliphatic carbocycles.